The number of benzene rings is 18. The summed E-state index contributed by atoms with van der Waals surface area (Å²) in [4.78, 5) is 0. The van der Waals surface area contributed by atoms with Crippen molar-refractivity contribution >= 4 is 149 Å². The predicted octanol–water partition coefficient (Wildman–Crippen LogP) is 28.7. The Labute approximate surface area is 737 Å². The van der Waals surface area contributed by atoms with Crippen LogP contribution < -0.4 is 10.4 Å². The molecule has 8 aromatic heterocycles. The molecule has 0 atom stereocenters. The van der Waals surface area contributed by atoms with E-state index in [1.807, 2.05) is 0 Å². The summed E-state index contributed by atoms with van der Waals surface area (Å²) in [6.07, 6.45) is 8.85. The number of hydrogen-bond acceptors (Lipinski definition) is 0. The van der Waals surface area contributed by atoms with Gasteiger partial charge >= 0.3 is 0 Å². The van der Waals surface area contributed by atoms with Crippen LogP contribution in [0.1, 0.15) is 22.3 Å². The van der Waals surface area contributed by atoms with Gasteiger partial charge in [0.05, 0.1) is 71.6 Å². The van der Waals surface area contributed by atoms with Crippen LogP contribution in [0.5, 0.6) is 0 Å². The zero-order valence-corrected chi connectivity index (χ0v) is 71.1. The largest absolute Gasteiger partial charge is 0.316 e. The van der Waals surface area contributed by atoms with Crippen molar-refractivity contribution in [2.45, 2.75) is 18.5 Å². The van der Waals surface area contributed by atoms with E-state index in [9.17, 15) is 0 Å². The van der Waals surface area contributed by atoms with E-state index in [-0.39, 0.29) is 0 Å². The van der Waals surface area contributed by atoms with Crippen LogP contribution in [0.3, 0.4) is 0 Å². The van der Waals surface area contributed by atoms with E-state index >= 15 is 0 Å². The second-order valence-corrected chi connectivity index (χ2v) is 39.8. The average molecular weight is 1650 g/mol. The van der Waals surface area contributed by atoms with Gasteiger partial charge in [0.25, 0.3) is 0 Å². The van der Waals surface area contributed by atoms with Gasteiger partial charge in [0.2, 0.25) is 0 Å². The number of fused-ring (bicyclic) bond motifs is 31. The molecule has 0 N–H and O–H groups in total. The summed E-state index contributed by atoms with van der Waals surface area (Å²) in [6, 6.07) is 153. The Morgan fingerprint density at radius 2 is 0.484 bits per heavy atom. The quantitative estimate of drug-likeness (QED) is 0.136. The lowest BCUT2D eigenvalue weighted by atomic mass is 9.70. The van der Waals surface area contributed by atoms with Gasteiger partial charge in [-0.25, -0.2) is 0 Å². The Kier molecular flexibility index (Phi) is 14.7. The van der Waals surface area contributed by atoms with Crippen LogP contribution in [0, 0.1) is 0 Å². The van der Waals surface area contributed by atoms with Crippen LogP contribution in [0.2, 0.25) is 13.1 Å². The highest BCUT2D eigenvalue weighted by molar-refractivity contribution is 7.04. The number of rotatable bonds is 8. The molecule has 3 aliphatic rings. The topological polar surface area (TPSA) is 39.4 Å². The first-order valence-corrected chi connectivity index (χ1v) is 47.4. The molecule has 9 heteroatoms. The highest BCUT2D eigenvalue weighted by Gasteiger charge is 2.52. The van der Waals surface area contributed by atoms with E-state index in [0.29, 0.717) is 0 Å². The highest BCUT2D eigenvalue weighted by atomic mass is 28.3. The molecule has 1 aliphatic heterocycles. The Hall–Kier alpha value is -16.5. The van der Waals surface area contributed by atoms with E-state index in [2.05, 4.69) is 487 Å². The number of para-hydroxylation sites is 6. The SMILES string of the molecule is C[Si]1(C)c2ccccc2-c2cc3c(cc21)c1ccccc1n3-c1ccc(-n2ccc3ccc4c(ccn4-c4ccc(-n5c6ccccc6c6ccccc65)cc4)c32)cc1.c1ccc2c(c1)-c1ccccc1C21c2ccccc2-c2cc3c4ccccc4n(-c4ccc(-n5ccc6c5ccc5ccn(-c7ccc(-n8c9ccccc9c9ccccc98)cc7)c56)cc4)c3cc21. The van der Waals surface area contributed by atoms with Gasteiger partial charge in [-0.1, -0.05) is 238 Å². The molecule has 26 aromatic rings. The fourth-order valence-electron chi connectivity index (χ4n) is 23.3. The molecule has 18 aromatic carbocycles. The fraction of sp³-hybridized carbons (Fsp3) is 0.0252. The van der Waals surface area contributed by atoms with Crippen molar-refractivity contribution in [1.82, 2.24) is 36.5 Å². The van der Waals surface area contributed by atoms with Crippen molar-refractivity contribution in [3.05, 3.63) is 460 Å². The zero-order valence-electron chi connectivity index (χ0n) is 70.1. The average Bonchev–Trinajstić information content (AvgIpc) is 1.50. The molecule has 0 saturated carbocycles. The van der Waals surface area contributed by atoms with Gasteiger partial charge in [-0.3, -0.25) is 0 Å². The predicted molar refractivity (Wildman–Crippen MR) is 536 cm³/mol. The van der Waals surface area contributed by atoms with Crippen LogP contribution in [-0.4, -0.2) is 44.6 Å². The molecule has 0 amide bonds. The van der Waals surface area contributed by atoms with Gasteiger partial charge in [0, 0.05) is 135 Å². The van der Waals surface area contributed by atoms with E-state index in [0.717, 1.165) is 39.8 Å². The van der Waals surface area contributed by atoms with Crippen molar-refractivity contribution in [3.8, 4) is 78.9 Å². The number of nitrogens with zero attached hydrogens (tertiary/aromatic N) is 8. The van der Waals surface area contributed by atoms with E-state index in [4.69, 9.17) is 0 Å². The first-order chi connectivity index (χ1) is 63.3. The Morgan fingerprint density at radius 3 is 0.891 bits per heavy atom. The van der Waals surface area contributed by atoms with Gasteiger partial charge in [0.15, 0.2) is 0 Å². The van der Waals surface area contributed by atoms with Crippen molar-refractivity contribution in [1.29, 1.82) is 0 Å². The first-order valence-electron chi connectivity index (χ1n) is 44.4. The maximum atomic E-state index is 2.52. The Morgan fingerprint density at radius 1 is 0.180 bits per heavy atom. The van der Waals surface area contributed by atoms with Gasteiger partial charge in [0.1, 0.15) is 8.07 Å². The molecule has 128 heavy (non-hydrogen) atoms. The monoisotopic (exact) mass is 1650 g/mol. The molecule has 2 aliphatic carbocycles. The van der Waals surface area contributed by atoms with Gasteiger partial charge in [-0.2, -0.15) is 0 Å². The summed E-state index contributed by atoms with van der Waals surface area (Å²) in [6.45, 7) is 5.00. The standard InChI is InChI=1S/C65H40N4.C54H38N4Si/c1-7-19-55-46(13-1)47-14-2-8-20-56(47)65(55)57-21-9-3-15-48(57)53-39-54-51-18-6-12-24-62(51)69(63(54)40-58(53)65)45-30-26-42(27-31-45)66-38-36-52-59(66)34-25-41-35-37-67(64(41)52)43-28-32-44(33-29-43)68-60-22-10-4-16-49(60)50-17-5-11-23-61(50)68;1-59(2)52-18-10-6-14-43(52)46-33-51-45(34-53(46)59)42-13-5-9-17-50(42)58(51)39-26-22-37(23-27-39)56-31-29-35-19-28-47-44(54(35)56)30-32-55(47)36-20-24-38(25-21-36)57-48-15-7-3-11-40(48)41-12-4-8-16-49(41)57/h1-40H;3-34H,1-2H3. The lowest BCUT2D eigenvalue weighted by Crippen LogP contribution is -2.49. The van der Waals surface area contributed by atoms with Gasteiger partial charge in [-0.05, 0) is 254 Å². The molecule has 0 unspecified atom stereocenters. The third-order valence-corrected chi connectivity index (χ3v) is 32.5. The molecular formula is C119H78N8Si. The summed E-state index contributed by atoms with van der Waals surface area (Å²) in [7, 11) is -1.80. The van der Waals surface area contributed by atoms with Crippen LogP contribution >= 0.6 is 0 Å². The Bertz CT molecular complexity index is 9070. The molecule has 0 fully saturated rings. The smallest absolute Gasteiger partial charge is 0.113 e. The second-order valence-electron chi connectivity index (χ2n) is 35.5. The molecule has 9 heterocycles. The van der Waals surface area contributed by atoms with Crippen LogP contribution in [-0.2, 0) is 5.41 Å². The minimum atomic E-state index is -1.80. The molecule has 8 nitrogen and oxygen atoms in total. The molecular weight excluding hydrogens is 1570 g/mol. The normalized spacial score (nSPS) is 13.4. The van der Waals surface area contributed by atoms with Crippen molar-refractivity contribution in [3.63, 3.8) is 0 Å². The van der Waals surface area contributed by atoms with E-state index < -0.39 is 13.5 Å². The zero-order chi connectivity index (χ0) is 83.9. The minimum absolute atomic E-state index is 0.407. The van der Waals surface area contributed by atoms with Crippen LogP contribution in [0.4, 0.5) is 0 Å². The van der Waals surface area contributed by atoms with Crippen molar-refractivity contribution in [2.24, 2.45) is 0 Å². The lowest BCUT2D eigenvalue weighted by Gasteiger charge is -2.30. The molecule has 598 valence electrons. The minimum Gasteiger partial charge on any atom is -0.316 e. The van der Waals surface area contributed by atoms with Gasteiger partial charge < -0.3 is 36.5 Å². The molecule has 0 bridgehead atoms. The maximum Gasteiger partial charge on any atom is 0.113 e. The third-order valence-electron chi connectivity index (χ3n) is 28.9. The second kappa shape index (κ2) is 26.5. The summed E-state index contributed by atoms with van der Waals surface area (Å²) in [5.41, 5.74) is 36.8. The molecule has 0 saturated heterocycles. The molecule has 1 spiro atoms. The number of aromatic nitrogens is 8. The summed E-state index contributed by atoms with van der Waals surface area (Å²) < 4.78 is 19.0. The summed E-state index contributed by atoms with van der Waals surface area (Å²) >= 11 is 0. The first kappa shape index (κ1) is 71.0. The van der Waals surface area contributed by atoms with E-state index in [1.54, 1.807) is 10.4 Å². The van der Waals surface area contributed by atoms with E-state index in [1.165, 1.54) is 192 Å². The summed E-state index contributed by atoms with van der Waals surface area (Å²) in [5, 5.41) is 18.2. The number of hydrogen-bond donors (Lipinski definition) is 0. The maximum absolute atomic E-state index is 2.52. The summed E-state index contributed by atoms with van der Waals surface area (Å²) in [5.74, 6) is 0. The van der Waals surface area contributed by atoms with Crippen LogP contribution in [0.15, 0.2) is 437 Å². The Balaban J connectivity index is 0.000000131. The van der Waals surface area contributed by atoms with Crippen LogP contribution in [0.25, 0.3) is 210 Å². The van der Waals surface area contributed by atoms with Crippen molar-refractivity contribution in [2.75, 3.05) is 0 Å². The molecule has 29 rings (SSSR count). The van der Waals surface area contributed by atoms with Gasteiger partial charge in [-0.15, -0.1) is 0 Å². The lowest BCUT2D eigenvalue weighted by molar-refractivity contribution is 0.794. The highest BCUT2D eigenvalue weighted by Crippen LogP contribution is 2.64. The van der Waals surface area contributed by atoms with Crippen molar-refractivity contribution < 1.29 is 0 Å². The molecule has 0 radical (unpaired) electrons. The third kappa shape index (κ3) is 9.76. The fourth-order valence-corrected chi connectivity index (χ4v) is 26.4.